The normalized spacial score (nSPS) is 21.2. The third kappa shape index (κ3) is 6.33. The number of likely N-dealkylation sites (N-methyl/N-ethyl adjacent to an activating group) is 1. The Kier molecular flexibility index (Phi) is 8.80. The quantitative estimate of drug-likeness (QED) is 0.254. The van der Waals surface area contributed by atoms with Gasteiger partial charge in [0.15, 0.2) is 5.65 Å². The number of hydrogen-bond donors (Lipinski definition) is 1. The SMILES string of the molecule is COc1cc(F)ccc1-n1ncc2c(N3C[C@@H]4C[C@H]3C(=O)N(C)CC(OC)Cn3c(C)nc5cccc(c53)-c3cc(CN5CC(F)(F)C5)cc(n3)N4)ncnc21. The van der Waals surface area contributed by atoms with Crippen molar-refractivity contribution in [3.8, 4) is 22.7 Å². The number of benzene rings is 2. The summed E-state index contributed by atoms with van der Waals surface area (Å²) in [5, 5.41) is 8.79. The van der Waals surface area contributed by atoms with Gasteiger partial charge in [0.1, 0.15) is 47.1 Å². The lowest BCUT2D eigenvalue weighted by Gasteiger charge is -2.38. The molecule has 2 aromatic carbocycles. The number of rotatable bonds is 6. The minimum Gasteiger partial charge on any atom is -0.494 e. The van der Waals surface area contributed by atoms with E-state index in [4.69, 9.17) is 24.4 Å². The number of alkyl halides is 2. The van der Waals surface area contributed by atoms with Crippen molar-refractivity contribution in [3.05, 3.63) is 78.3 Å². The van der Waals surface area contributed by atoms with Crippen LogP contribution in [0.1, 0.15) is 17.8 Å². The molecule has 3 aliphatic rings. The Morgan fingerprint density at radius 1 is 1.02 bits per heavy atom. The highest BCUT2D eigenvalue weighted by Gasteiger charge is 2.44. The van der Waals surface area contributed by atoms with Gasteiger partial charge in [-0.2, -0.15) is 5.10 Å². The zero-order chi connectivity index (χ0) is 38.9. The number of aryl methyl sites for hydroxylation is 1. The van der Waals surface area contributed by atoms with E-state index in [1.165, 1.54) is 25.6 Å². The van der Waals surface area contributed by atoms with Crippen LogP contribution in [0.4, 0.5) is 24.8 Å². The summed E-state index contributed by atoms with van der Waals surface area (Å²) in [6.45, 7) is 2.74. The first-order valence-corrected chi connectivity index (χ1v) is 18.4. The Morgan fingerprint density at radius 3 is 2.64 bits per heavy atom. The highest BCUT2D eigenvalue weighted by atomic mass is 19.3. The molecule has 290 valence electrons. The van der Waals surface area contributed by atoms with Crippen molar-refractivity contribution in [2.75, 3.05) is 57.7 Å². The molecule has 17 heteroatoms. The van der Waals surface area contributed by atoms with Crippen LogP contribution < -0.4 is 15.0 Å². The number of amides is 1. The lowest BCUT2D eigenvalue weighted by atomic mass is 10.0. The third-order valence-corrected chi connectivity index (χ3v) is 10.9. The first kappa shape index (κ1) is 35.9. The number of nitrogens with one attached hydrogen (secondary N) is 1. The Bertz CT molecular complexity index is 2480. The lowest BCUT2D eigenvalue weighted by Crippen LogP contribution is -2.55. The molecule has 56 heavy (non-hydrogen) atoms. The second-order valence-corrected chi connectivity index (χ2v) is 14.8. The number of fused-ring (bicyclic) bond motifs is 6. The Morgan fingerprint density at radius 2 is 1.86 bits per heavy atom. The number of ether oxygens (including phenoxy) is 2. The molecular weight excluding hydrogens is 727 g/mol. The molecule has 4 bridgehead atoms. The van der Waals surface area contributed by atoms with Gasteiger partial charge in [0.25, 0.3) is 5.92 Å². The van der Waals surface area contributed by atoms with Gasteiger partial charge in [0, 0.05) is 51.5 Å². The van der Waals surface area contributed by atoms with Crippen LogP contribution >= 0.6 is 0 Å². The van der Waals surface area contributed by atoms with E-state index in [0.717, 1.165) is 28.0 Å². The Balaban J connectivity index is 1.15. The van der Waals surface area contributed by atoms with Crippen LogP contribution in [0.5, 0.6) is 5.75 Å². The van der Waals surface area contributed by atoms with Crippen molar-refractivity contribution in [2.24, 2.45) is 0 Å². The molecule has 14 nitrogen and oxygen atoms in total. The molecule has 6 aromatic rings. The number of anilines is 2. The molecule has 1 unspecified atom stereocenters. The molecule has 4 aromatic heterocycles. The van der Waals surface area contributed by atoms with Gasteiger partial charge in [0.05, 0.1) is 61.2 Å². The number of imidazole rings is 1. The van der Waals surface area contributed by atoms with Crippen molar-refractivity contribution in [3.63, 3.8) is 0 Å². The Hall–Kier alpha value is -5.81. The van der Waals surface area contributed by atoms with E-state index in [9.17, 15) is 18.0 Å². The van der Waals surface area contributed by atoms with Gasteiger partial charge in [-0.25, -0.2) is 37.8 Å². The highest BCUT2D eigenvalue weighted by molar-refractivity contribution is 5.94. The van der Waals surface area contributed by atoms with E-state index in [2.05, 4.69) is 20.0 Å². The van der Waals surface area contributed by atoms with Gasteiger partial charge < -0.3 is 29.2 Å². The van der Waals surface area contributed by atoms with Gasteiger partial charge in [-0.3, -0.25) is 9.69 Å². The fraction of sp³-hybridized carbons (Fsp3) is 0.385. The first-order valence-electron chi connectivity index (χ1n) is 18.4. The maximum atomic E-state index is 14.6. The average Bonchev–Trinajstić information content (AvgIpc) is 3.88. The second kappa shape index (κ2) is 13.7. The van der Waals surface area contributed by atoms with Gasteiger partial charge in [-0.1, -0.05) is 12.1 Å². The van der Waals surface area contributed by atoms with E-state index < -0.39 is 17.8 Å². The number of pyridine rings is 1. The van der Waals surface area contributed by atoms with Crippen LogP contribution in [-0.2, 0) is 22.6 Å². The highest BCUT2D eigenvalue weighted by Crippen LogP contribution is 2.36. The van der Waals surface area contributed by atoms with Crippen molar-refractivity contribution in [1.29, 1.82) is 0 Å². The predicted octanol–water partition coefficient (Wildman–Crippen LogP) is 4.68. The van der Waals surface area contributed by atoms with E-state index in [1.807, 2.05) is 42.2 Å². The van der Waals surface area contributed by atoms with Gasteiger partial charge >= 0.3 is 0 Å². The van der Waals surface area contributed by atoms with Crippen LogP contribution in [0.15, 0.2) is 61.1 Å². The van der Waals surface area contributed by atoms with E-state index in [0.29, 0.717) is 66.7 Å². The van der Waals surface area contributed by atoms with Crippen molar-refractivity contribution < 1.29 is 27.4 Å². The van der Waals surface area contributed by atoms with E-state index in [-0.39, 0.29) is 36.9 Å². The predicted molar refractivity (Wildman–Crippen MR) is 203 cm³/mol. The van der Waals surface area contributed by atoms with Crippen LogP contribution in [0.25, 0.3) is 39.0 Å². The molecule has 0 saturated carbocycles. The standard InChI is InChI=1S/C39H40F3N11O3/c1-22-46-29-7-5-6-27-30-10-23(15-50-19-39(41,42)20-50)11-34(48-30)47-25-13-32(38(54)49(2)17-26(55-3)18-51(22)35(27)29)52(16-25)36-28-14-45-53(37(28)44-21-43-36)31-9-8-24(40)12-33(31)56-4/h5-12,14,21,25-26,32H,13,15-20H2,1-4H3,(H,47,48)/t25-,26?,32-/m0/s1. The van der Waals surface area contributed by atoms with Crippen molar-refractivity contribution in [2.45, 2.75) is 50.5 Å². The topological polar surface area (TPSA) is 132 Å². The van der Waals surface area contributed by atoms with Gasteiger partial charge in [0.2, 0.25) is 5.91 Å². The maximum Gasteiger partial charge on any atom is 0.272 e. The summed E-state index contributed by atoms with van der Waals surface area (Å²) in [7, 11) is 4.87. The molecule has 0 aliphatic carbocycles. The second-order valence-electron chi connectivity index (χ2n) is 14.8. The smallest absolute Gasteiger partial charge is 0.272 e. The largest absolute Gasteiger partial charge is 0.494 e. The molecule has 1 N–H and O–H groups in total. The summed E-state index contributed by atoms with van der Waals surface area (Å²) < 4.78 is 57.1. The summed E-state index contributed by atoms with van der Waals surface area (Å²) in [6, 6.07) is 13.0. The van der Waals surface area contributed by atoms with Crippen LogP contribution in [-0.4, -0.2) is 122 Å². The molecular formula is C39H40F3N11O3. The van der Waals surface area contributed by atoms with E-state index in [1.54, 1.807) is 40.9 Å². The van der Waals surface area contributed by atoms with Crippen LogP contribution in [0.3, 0.4) is 0 Å². The molecule has 9 rings (SSSR count). The third-order valence-electron chi connectivity index (χ3n) is 10.9. The summed E-state index contributed by atoms with van der Waals surface area (Å²) in [6.07, 6.45) is 3.08. The number of para-hydroxylation sites is 1. The number of aromatic nitrogens is 7. The fourth-order valence-corrected chi connectivity index (χ4v) is 8.34. The Labute approximate surface area is 319 Å². The summed E-state index contributed by atoms with van der Waals surface area (Å²) in [5.74, 6) is -1.15. The molecule has 0 radical (unpaired) electrons. The zero-order valence-electron chi connectivity index (χ0n) is 31.3. The molecule has 0 spiro atoms. The molecule has 2 saturated heterocycles. The van der Waals surface area contributed by atoms with Crippen LogP contribution in [0.2, 0.25) is 0 Å². The average molecular weight is 768 g/mol. The first-order chi connectivity index (χ1) is 27.0. The molecule has 3 aliphatic heterocycles. The van der Waals surface area contributed by atoms with Crippen molar-refractivity contribution in [1.82, 2.24) is 44.1 Å². The minimum atomic E-state index is -2.70. The number of carbonyl (C=O) groups is 1. The van der Waals surface area contributed by atoms with Gasteiger partial charge in [-0.15, -0.1) is 0 Å². The number of likely N-dealkylation sites (tertiary alicyclic amines) is 1. The fourth-order valence-electron chi connectivity index (χ4n) is 8.34. The molecule has 7 heterocycles. The number of carbonyl (C=O) groups excluding carboxylic acids is 1. The molecule has 3 atom stereocenters. The molecule has 2 fully saturated rings. The lowest BCUT2D eigenvalue weighted by molar-refractivity contribution is -0.134. The van der Waals surface area contributed by atoms with Gasteiger partial charge in [-0.05, 0) is 49.2 Å². The van der Waals surface area contributed by atoms with E-state index >= 15 is 0 Å². The van der Waals surface area contributed by atoms with Crippen LogP contribution in [0, 0.1) is 12.7 Å². The zero-order valence-corrected chi connectivity index (χ0v) is 31.3. The summed E-state index contributed by atoms with van der Waals surface area (Å²) in [5.41, 5.74) is 4.96. The maximum absolute atomic E-state index is 14.6. The number of nitrogens with zero attached hydrogens (tertiary/aromatic N) is 10. The van der Waals surface area contributed by atoms with Crippen molar-refractivity contribution >= 4 is 39.6 Å². The number of hydrogen-bond acceptors (Lipinski definition) is 11. The summed E-state index contributed by atoms with van der Waals surface area (Å²) in [4.78, 5) is 39.2. The monoisotopic (exact) mass is 767 g/mol. The number of halogens is 3. The summed E-state index contributed by atoms with van der Waals surface area (Å²) >= 11 is 0. The number of methoxy groups -OCH3 is 2. The minimum absolute atomic E-state index is 0.125. The molecule has 1 amide bonds.